The van der Waals surface area contributed by atoms with Crippen LogP contribution in [0.15, 0.2) is 0 Å². The quantitative estimate of drug-likeness (QED) is 0.645. The number of rotatable bonds is 2. The molecular formula is C7H13BrO2. The van der Waals surface area contributed by atoms with Crippen LogP contribution >= 0.6 is 15.9 Å². The van der Waals surface area contributed by atoms with Crippen LogP contribution in [0.2, 0.25) is 0 Å². The molecule has 0 atom stereocenters. The zero-order valence-electron chi connectivity index (χ0n) is 6.18. The summed E-state index contributed by atoms with van der Waals surface area (Å²) in [6.07, 6.45) is 1.14. The third-order valence-corrected chi connectivity index (χ3v) is 2.27. The second kappa shape index (κ2) is 4.31. The van der Waals surface area contributed by atoms with E-state index < -0.39 is 0 Å². The standard InChI is InChI=1S/C7H13BrO2/c1-2-6-4-9-7(3-8)10-5-6/h6-7H,2-5H2,1H3. The van der Waals surface area contributed by atoms with Gasteiger partial charge in [0.2, 0.25) is 0 Å². The van der Waals surface area contributed by atoms with Crippen LogP contribution in [0.4, 0.5) is 0 Å². The zero-order valence-corrected chi connectivity index (χ0v) is 7.76. The first kappa shape index (κ1) is 8.50. The molecule has 0 aromatic carbocycles. The molecule has 0 N–H and O–H groups in total. The highest BCUT2D eigenvalue weighted by Crippen LogP contribution is 2.14. The van der Waals surface area contributed by atoms with Gasteiger partial charge in [-0.3, -0.25) is 0 Å². The van der Waals surface area contributed by atoms with Crippen molar-refractivity contribution < 1.29 is 9.47 Å². The van der Waals surface area contributed by atoms with Crippen LogP contribution in [0.25, 0.3) is 0 Å². The van der Waals surface area contributed by atoms with Crippen LogP contribution in [0.1, 0.15) is 13.3 Å². The van der Waals surface area contributed by atoms with Crippen molar-refractivity contribution >= 4 is 15.9 Å². The van der Waals surface area contributed by atoms with Crippen LogP contribution < -0.4 is 0 Å². The van der Waals surface area contributed by atoms with Gasteiger partial charge in [0, 0.05) is 5.92 Å². The summed E-state index contributed by atoms with van der Waals surface area (Å²) in [5, 5.41) is 0.781. The van der Waals surface area contributed by atoms with Gasteiger partial charge in [0.05, 0.1) is 18.5 Å². The maximum Gasteiger partial charge on any atom is 0.167 e. The number of hydrogen-bond donors (Lipinski definition) is 0. The summed E-state index contributed by atoms with van der Waals surface area (Å²) in [6.45, 7) is 3.87. The first-order valence-electron chi connectivity index (χ1n) is 3.66. The molecule has 0 amide bonds. The molecule has 0 aliphatic carbocycles. The molecule has 0 radical (unpaired) electrons. The van der Waals surface area contributed by atoms with Gasteiger partial charge in [-0.25, -0.2) is 0 Å². The maximum atomic E-state index is 5.36. The molecule has 0 aromatic rings. The van der Waals surface area contributed by atoms with E-state index in [0.717, 1.165) is 25.0 Å². The molecular weight excluding hydrogens is 196 g/mol. The Hall–Kier alpha value is 0.400. The number of halogens is 1. The molecule has 2 nitrogen and oxygen atoms in total. The third kappa shape index (κ3) is 2.22. The van der Waals surface area contributed by atoms with Crippen molar-refractivity contribution in [2.24, 2.45) is 5.92 Å². The fraction of sp³-hybridized carbons (Fsp3) is 1.00. The van der Waals surface area contributed by atoms with Gasteiger partial charge in [-0.15, -0.1) is 0 Å². The molecule has 1 fully saturated rings. The van der Waals surface area contributed by atoms with E-state index in [1.807, 2.05) is 0 Å². The first-order valence-corrected chi connectivity index (χ1v) is 4.78. The molecule has 0 spiro atoms. The molecule has 0 bridgehead atoms. The summed E-state index contributed by atoms with van der Waals surface area (Å²) in [5.74, 6) is 0.607. The van der Waals surface area contributed by atoms with Crippen molar-refractivity contribution in [3.63, 3.8) is 0 Å². The van der Waals surface area contributed by atoms with E-state index in [1.165, 1.54) is 0 Å². The smallest absolute Gasteiger partial charge is 0.167 e. The molecule has 1 heterocycles. The molecule has 10 heavy (non-hydrogen) atoms. The predicted molar refractivity (Wildman–Crippen MR) is 43.3 cm³/mol. The Labute approximate surface area is 70.0 Å². The van der Waals surface area contributed by atoms with Crippen molar-refractivity contribution in [1.29, 1.82) is 0 Å². The van der Waals surface area contributed by atoms with E-state index in [9.17, 15) is 0 Å². The highest BCUT2D eigenvalue weighted by atomic mass is 79.9. The Bertz CT molecular complexity index is 77.6. The summed E-state index contributed by atoms with van der Waals surface area (Å²) in [7, 11) is 0. The highest BCUT2D eigenvalue weighted by molar-refractivity contribution is 9.09. The lowest BCUT2D eigenvalue weighted by molar-refractivity contribution is -0.187. The van der Waals surface area contributed by atoms with E-state index in [0.29, 0.717) is 5.92 Å². The van der Waals surface area contributed by atoms with Crippen molar-refractivity contribution in [2.45, 2.75) is 19.6 Å². The minimum absolute atomic E-state index is 0.0113. The second-order valence-electron chi connectivity index (χ2n) is 2.52. The summed E-state index contributed by atoms with van der Waals surface area (Å²) < 4.78 is 10.7. The molecule has 1 aliphatic heterocycles. The topological polar surface area (TPSA) is 18.5 Å². The normalized spacial score (nSPS) is 34.2. The first-order chi connectivity index (χ1) is 4.86. The SMILES string of the molecule is CCC1COC(CBr)OC1. The minimum atomic E-state index is -0.0113. The van der Waals surface area contributed by atoms with E-state index in [-0.39, 0.29) is 6.29 Å². The van der Waals surface area contributed by atoms with Gasteiger partial charge in [-0.1, -0.05) is 22.9 Å². The lowest BCUT2D eigenvalue weighted by Gasteiger charge is -2.27. The van der Waals surface area contributed by atoms with Crippen LogP contribution in [0.5, 0.6) is 0 Å². The van der Waals surface area contributed by atoms with Gasteiger partial charge in [0.1, 0.15) is 0 Å². The third-order valence-electron chi connectivity index (χ3n) is 1.74. The second-order valence-corrected chi connectivity index (χ2v) is 3.17. The van der Waals surface area contributed by atoms with E-state index in [1.54, 1.807) is 0 Å². The van der Waals surface area contributed by atoms with Crippen molar-refractivity contribution in [3.8, 4) is 0 Å². The van der Waals surface area contributed by atoms with Gasteiger partial charge >= 0.3 is 0 Å². The molecule has 3 heteroatoms. The fourth-order valence-corrected chi connectivity index (χ4v) is 1.28. The molecule has 1 aliphatic rings. The van der Waals surface area contributed by atoms with Crippen molar-refractivity contribution in [3.05, 3.63) is 0 Å². The lowest BCUT2D eigenvalue weighted by Crippen LogP contribution is -2.32. The molecule has 0 unspecified atom stereocenters. The summed E-state index contributed by atoms with van der Waals surface area (Å²) >= 11 is 3.30. The van der Waals surface area contributed by atoms with Gasteiger partial charge in [0.25, 0.3) is 0 Å². The lowest BCUT2D eigenvalue weighted by atomic mass is 10.1. The molecule has 1 rings (SSSR count). The fourth-order valence-electron chi connectivity index (χ4n) is 0.908. The highest BCUT2D eigenvalue weighted by Gasteiger charge is 2.19. The monoisotopic (exact) mass is 208 g/mol. The van der Waals surface area contributed by atoms with Gasteiger partial charge in [-0.05, 0) is 6.42 Å². The van der Waals surface area contributed by atoms with E-state index >= 15 is 0 Å². The molecule has 0 saturated carbocycles. The van der Waals surface area contributed by atoms with Gasteiger partial charge in [0.15, 0.2) is 6.29 Å². The number of alkyl halides is 1. The van der Waals surface area contributed by atoms with Gasteiger partial charge in [-0.2, -0.15) is 0 Å². The molecule has 60 valence electrons. The number of hydrogen-bond acceptors (Lipinski definition) is 2. The number of ether oxygens (including phenoxy) is 2. The van der Waals surface area contributed by atoms with Crippen molar-refractivity contribution in [2.75, 3.05) is 18.5 Å². The van der Waals surface area contributed by atoms with Gasteiger partial charge < -0.3 is 9.47 Å². The average Bonchev–Trinajstić information content (AvgIpc) is 2.05. The largest absolute Gasteiger partial charge is 0.351 e. The summed E-state index contributed by atoms with van der Waals surface area (Å²) in [5.41, 5.74) is 0. The van der Waals surface area contributed by atoms with E-state index in [2.05, 4.69) is 22.9 Å². The maximum absolute atomic E-state index is 5.36. The van der Waals surface area contributed by atoms with Crippen LogP contribution in [0, 0.1) is 5.92 Å². The Kier molecular flexibility index (Phi) is 3.66. The molecule has 0 aromatic heterocycles. The Morgan fingerprint density at radius 3 is 2.40 bits per heavy atom. The Morgan fingerprint density at radius 2 is 2.00 bits per heavy atom. The Balaban J connectivity index is 2.17. The van der Waals surface area contributed by atoms with Crippen LogP contribution in [0.3, 0.4) is 0 Å². The zero-order chi connectivity index (χ0) is 7.40. The molecule has 1 saturated heterocycles. The van der Waals surface area contributed by atoms with Crippen molar-refractivity contribution in [1.82, 2.24) is 0 Å². The minimum Gasteiger partial charge on any atom is -0.351 e. The summed E-state index contributed by atoms with van der Waals surface area (Å²) in [4.78, 5) is 0. The van der Waals surface area contributed by atoms with E-state index in [4.69, 9.17) is 9.47 Å². The summed E-state index contributed by atoms with van der Waals surface area (Å²) in [6, 6.07) is 0. The predicted octanol–water partition coefficient (Wildman–Crippen LogP) is 1.78. The van der Waals surface area contributed by atoms with Crippen LogP contribution in [-0.4, -0.2) is 24.8 Å². The average molecular weight is 209 g/mol. The Morgan fingerprint density at radius 1 is 1.40 bits per heavy atom. The van der Waals surface area contributed by atoms with Crippen LogP contribution in [-0.2, 0) is 9.47 Å².